The van der Waals surface area contributed by atoms with Gasteiger partial charge < -0.3 is 15.2 Å². The average Bonchev–Trinajstić information content (AvgIpc) is 3.05. The maximum absolute atomic E-state index is 12.0. The largest absolute Gasteiger partial charge is 0.486 e. The third-order valence-corrected chi connectivity index (χ3v) is 4.53. The molecule has 1 atom stereocenters. The molecule has 0 aliphatic heterocycles. The maximum Gasteiger partial charge on any atom is 0.326 e. The minimum Gasteiger partial charge on any atom is -0.486 e. The molecule has 0 saturated heterocycles. The van der Waals surface area contributed by atoms with Crippen molar-refractivity contribution < 1.29 is 19.4 Å². The number of amides is 1. The third-order valence-electron chi connectivity index (χ3n) is 3.41. The lowest BCUT2D eigenvalue weighted by Crippen LogP contribution is -2.41. The molecule has 1 unspecified atom stereocenters. The molecule has 26 heavy (non-hydrogen) atoms. The molecule has 1 aromatic heterocycles. The summed E-state index contributed by atoms with van der Waals surface area (Å²) in [6.45, 7) is 3.84. The van der Waals surface area contributed by atoms with Crippen LogP contribution in [0, 0.1) is 0 Å². The number of hydrogen-bond donors (Lipinski definition) is 2. The van der Waals surface area contributed by atoms with E-state index < -0.39 is 12.0 Å². The van der Waals surface area contributed by atoms with Gasteiger partial charge in [-0.25, -0.2) is 9.78 Å². The van der Waals surface area contributed by atoms with E-state index in [4.69, 9.17) is 21.4 Å². The summed E-state index contributed by atoms with van der Waals surface area (Å²) in [5, 5.41) is 14.8. The van der Waals surface area contributed by atoms with Crippen LogP contribution in [0.15, 0.2) is 42.3 Å². The molecule has 0 aliphatic carbocycles. The Morgan fingerprint density at radius 1 is 1.38 bits per heavy atom. The molecule has 1 amide bonds. The average molecular weight is 395 g/mol. The van der Waals surface area contributed by atoms with Crippen molar-refractivity contribution in [2.24, 2.45) is 0 Å². The Morgan fingerprint density at radius 2 is 2.12 bits per heavy atom. The summed E-state index contributed by atoms with van der Waals surface area (Å²) in [6, 6.07) is 6.07. The molecule has 1 heterocycles. The van der Waals surface area contributed by atoms with Gasteiger partial charge in [0.15, 0.2) is 0 Å². The summed E-state index contributed by atoms with van der Waals surface area (Å²) in [4.78, 5) is 27.5. The van der Waals surface area contributed by atoms with E-state index in [1.54, 1.807) is 35.7 Å². The zero-order chi connectivity index (χ0) is 18.9. The van der Waals surface area contributed by atoms with Gasteiger partial charge in [0.1, 0.15) is 23.4 Å². The molecule has 138 valence electrons. The number of hydrogen-bond acceptors (Lipinski definition) is 5. The van der Waals surface area contributed by atoms with Crippen LogP contribution in [0.5, 0.6) is 5.75 Å². The number of carbonyl (C=O) groups is 2. The molecule has 0 fully saturated rings. The fourth-order valence-corrected chi connectivity index (χ4v) is 2.96. The highest BCUT2D eigenvalue weighted by Gasteiger charge is 2.19. The first-order valence-corrected chi connectivity index (χ1v) is 9.18. The Morgan fingerprint density at radius 3 is 2.77 bits per heavy atom. The number of carboxylic acid groups (broad SMARTS) is 1. The van der Waals surface area contributed by atoms with Crippen LogP contribution in [0.3, 0.4) is 0 Å². The topological polar surface area (TPSA) is 88.5 Å². The Bertz CT molecular complexity index is 761. The third kappa shape index (κ3) is 6.50. The summed E-state index contributed by atoms with van der Waals surface area (Å²) in [5.74, 6) is -0.761. The number of nitrogens with zero attached hydrogens (tertiary/aromatic N) is 1. The van der Waals surface area contributed by atoms with Gasteiger partial charge in [-0.15, -0.1) is 17.9 Å². The van der Waals surface area contributed by atoms with E-state index in [9.17, 15) is 9.59 Å². The van der Waals surface area contributed by atoms with Crippen LogP contribution in [0.2, 0.25) is 5.02 Å². The van der Waals surface area contributed by atoms with Crippen LogP contribution in [0.1, 0.15) is 23.5 Å². The molecule has 6 nitrogen and oxygen atoms in total. The van der Waals surface area contributed by atoms with Gasteiger partial charge in [0, 0.05) is 10.4 Å². The molecular formula is C18H19ClN2O4S. The van der Waals surface area contributed by atoms with Crippen molar-refractivity contribution in [2.75, 3.05) is 0 Å². The summed E-state index contributed by atoms with van der Waals surface area (Å²) in [5.41, 5.74) is 0.579. The summed E-state index contributed by atoms with van der Waals surface area (Å²) < 4.78 is 5.61. The normalized spacial score (nSPS) is 11.6. The lowest BCUT2D eigenvalue weighted by atomic mass is 10.1. The number of carboxylic acids is 1. The predicted molar refractivity (Wildman–Crippen MR) is 101 cm³/mol. The zero-order valence-electron chi connectivity index (χ0n) is 14.0. The summed E-state index contributed by atoms with van der Waals surface area (Å²) in [7, 11) is 0. The quantitative estimate of drug-likeness (QED) is 0.602. The minimum atomic E-state index is -1.06. The van der Waals surface area contributed by atoms with Crippen molar-refractivity contribution in [3.63, 3.8) is 0 Å². The molecule has 0 aliphatic rings. The fourth-order valence-electron chi connectivity index (χ4n) is 2.12. The number of aromatic nitrogens is 1. The molecule has 2 N–H and O–H groups in total. The number of rotatable bonds is 10. The van der Waals surface area contributed by atoms with E-state index in [0.717, 1.165) is 5.01 Å². The highest BCUT2D eigenvalue weighted by atomic mass is 35.5. The van der Waals surface area contributed by atoms with Gasteiger partial charge in [-0.3, -0.25) is 4.79 Å². The summed E-state index contributed by atoms with van der Waals surface area (Å²) >= 11 is 7.20. The second-order valence-corrected chi connectivity index (χ2v) is 6.86. The van der Waals surface area contributed by atoms with E-state index >= 15 is 0 Å². The molecule has 8 heteroatoms. The Balaban J connectivity index is 1.84. The molecule has 0 saturated carbocycles. The maximum atomic E-state index is 12.0. The number of allylic oxidation sites excluding steroid dienone is 1. The number of halogens is 1. The van der Waals surface area contributed by atoms with Gasteiger partial charge in [0.2, 0.25) is 5.91 Å². The highest BCUT2D eigenvalue weighted by molar-refractivity contribution is 7.09. The van der Waals surface area contributed by atoms with Gasteiger partial charge >= 0.3 is 5.97 Å². The van der Waals surface area contributed by atoms with E-state index in [1.165, 1.54) is 11.3 Å². The number of carbonyl (C=O) groups excluding carboxylic acids is 1. The predicted octanol–water partition coefficient (Wildman–Crippen LogP) is 3.45. The van der Waals surface area contributed by atoms with E-state index in [0.29, 0.717) is 29.3 Å². The van der Waals surface area contributed by atoms with E-state index in [2.05, 4.69) is 16.9 Å². The molecule has 2 aromatic rings. The zero-order valence-corrected chi connectivity index (χ0v) is 15.6. The first kappa shape index (κ1) is 19.9. The highest BCUT2D eigenvalue weighted by Crippen LogP contribution is 2.18. The molecule has 0 radical (unpaired) electrons. The number of benzene rings is 1. The smallest absolute Gasteiger partial charge is 0.326 e. The van der Waals surface area contributed by atoms with Gasteiger partial charge in [0.25, 0.3) is 0 Å². The van der Waals surface area contributed by atoms with Crippen molar-refractivity contribution in [3.8, 4) is 5.75 Å². The van der Waals surface area contributed by atoms with Gasteiger partial charge in [0.05, 0.1) is 12.1 Å². The van der Waals surface area contributed by atoms with Crippen molar-refractivity contribution in [2.45, 2.75) is 31.9 Å². The molecule has 0 bridgehead atoms. The number of ether oxygens (including phenoxy) is 1. The van der Waals surface area contributed by atoms with Crippen LogP contribution in [0.25, 0.3) is 0 Å². The van der Waals surface area contributed by atoms with Crippen LogP contribution >= 0.6 is 22.9 Å². The fraction of sp³-hybridized carbons (Fsp3) is 0.278. The minimum absolute atomic E-state index is 0.0231. The van der Waals surface area contributed by atoms with Gasteiger partial charge in [-0.2, -0.15) is 0 Å². The van der Waals surface area contributed by atoms with Crippen molar-refractivity contribution in [3.05, 3.63) is 58.0 Å². The summed E-state index contributed by atoms with van der Waals surface area (Å²) in [6.07, 6.45) is 2.47. The standard InChI is InChI=1S/C18H19ClN2O4S/c1-2-3-4-15(18(23)24)21-16(22)9-13-11-26-17(20-13)10-25-14-7-5-12(19)6-8-14/h2,5-8,11,15H,1,3-4,9-10H2,(H,21,22)(H,23,24). The van der Waals surface area contributed by atoms with Gasteiger partial charge in [-0.1, -0.05) is 17.7 Å². The van der Waals surface area contributed by atoms with Gasteiger partial charge in [-0.05, 0) is 37.1 Å². The van der Waals surface area contributed by atoms with Crippen LogP contribution in [0.4, 0.5) is 0 Å². The van der Waals surface area contributed by atoms with Crippen LogP contribution in [-0.4, -0.2) is 28.0 Å². The molecule has 0 spiro atoms. The Kier molecular flexibility index (Phi) is 7.62. The van der Waals surface area contributed by atoms with Crippen LogP contribution in [-0.2, 0) is 22.6 Å². The number of thiazole rings is 1. The van der Waals surface area contributed by atoms with Crippen LogP contribution < -0.4 is 10.1 Å². The second kappa shape index (κ2) is 9.94. The van der Waals surface area contributed by atoms with E-state index in [-0.39, 0.29) is 18.9 Å². The van der Waals surface area contributed by atoms with Crippen molar-refractivity contribution in [1.29, 1.82) is 0 Å². The van der Waals surface area contributed by atoms with E-state index in [1.807, 2.05) is 0 Å². The first-order valence-electron chi connectivity index (χ1n) is 7.92. The van der Waals surface area contributed by atoms with Crippen molar-refractivity contribution >= 4 is 34.8 Å². The Hall–Kier alpha value is -2.38. The molecule has 1 aromatic carbocycles. The lowest BCUT2D eigenvalue weighted by molar-refractivity contribution is -0.141. The SMILES string of the molecule is C=CCCC(NC(=O)Cc1csc(COc2ccc(Cl)cc2)n1)C(=O)O. The molecule has 2 rings (SSSR count). The first-order chi connectivity index (χ1) is 12.5. The number of nitrogens with one attached hydrogen (secondary N) is 1. The lowest BCUT2D eigenvalue weighted by Gasteiger charge is -2.12. The monoisotopic (exact) mass is 394 g/mol. The second-order valence-electron chi connectivity index (χ2n) is 5.48. The number of aliphatic carboxylic acids is 1. The Labute approximate surface area is 160 Å². The van der Waals surface area contributed by atoms with Crippen molar-refractivity contribution in [1.82, 2.24) is 10.3 Å². The molecular weight excluding hydrogens is 376 g/mol.